The van der Waals surface area contributed by atoms with Crippen molar-refractivity contribution in [3.05, 3.63) is 24.3 Å². The van der Waals surface area contributed by atoms with E-state index in [9.17, 15) is 13.2 Å². The summed E-state index contributed by atoms with van der Waals surface area (Å²) >= 11 is 0. The van der Waals surface area contributed by atoms with Gasteiger partial charge in [-0.05, 0) is 19.2 Å². The number of nitrogens with one attached hydrogen (secondary N) is 2. The van der Waals surface area contributed by atoms with Crippen molar-refractivity contribution < 1.29 is 13.2 Å². The Morgan fingerprint density at radius 1 is 1.28 bits per heavy atom. The fraction of sp³-hybridized carbons (Fsp3) is 0.364. The lowest BCUT2D eigenvalue weighted by Gasteiger charge is -2.14. The molecule has 0 fully saturated rings. The van der Waals surface area contributed by atoms with Gasteiger partial charge in [0.1, 0.15) is 4.90 Å². The Labute approximate surface area is 107 Å². The van der Waals surface area contributed by atoms with E-state index >= 15 is 0 Å². The second kappa shape index (κ2) is 5.83. The predicted molar refractivity (Wildman–Crippen MR) is 69.9 cm³/mol. The van der Waals surface area contributed by atoms with E-state index in [2.05, 4.69) is 10.0 Å². The van der Waals surface area contributed by atoms with Crippen LogP contribution < -0.4 is 10.0 Å². The normalized spacial score (nSPS) is 11.1. The van der Waals surface area contributed by atoms with E-state index in [1.807, 2.05) is 0 Å². The van der Waals surface area contributed by atoms with Gasteiger partial charge in [0.05, 0.1) is 12.2 Å². The lowest BCUT2D eigenvalue weighted by atomic mass is 10.3. The van der Waals surface area contributed by atoms with Gasteiger partial charge in [0.25, 0.3) is 0 Å². The summed E-state index contributed by atoms with van der Waals surface area (Å²) in [5.41, 5.74) is 0.405. The molecular formula is C11H17N3O3S. The molecule has 1 aromatic rings. The molecule has 18 heavy (non-hydrogen) atoms. The fourth-order valence-electron chi connectivity index (χ4n) is 1.29. The van der Waals surface area contributed by atoms with Gasteiger partial charge in [0.15, 0.2) is 0 Å². The Hall–Kier alpha value is -1.60. The summed E-state index contributed by atoms with van der Waals surface area (Å²) in [5, 5.41) is 2.82. The topological polar surface area (TPSA) is 78.5 Å². The number of amides is 1. The number of rotatable bonds is 5. The zero-order valence-electron chi connectivity index (χ0n) is 10.6. The maximum atomic E-state index is 11.8. The maximum Gasteiger partial charge on any atom is 0.242 e. The second-order valence-electron chi connectivity index (χ2n) is 3.85. The van der Waals surface area contributed by atoms with Gasteiger partial charge in [-0.15, -0.1) is 0 Å². The highest BCUT2D eigenvalue weighted by molar-refractivity contribution is 7.89. The van der Waals surface area contributed by atoms with Crippen LogP contribution in [-0.2, 0) is 14.8 Å². The minimum absolute atomic E-state index is 0.0449. The number of sulfonamides is 1. The molecule has 2 N–H and O–H groups in total. The van der Waals surface area contributed by atoms with Crippen molar-refractivity contribution in [1.29, 1.82) is 0 Å². The Morgan fingerprint density at radius 3 is 2.44 bits per heavy atom. The third-order valence-corrected chi connectivity index (χ3v) is 3.85. The first-order chi connectivity index (χ1) is 8.38. The van der Waals surface area contributed by atoms with Crippen LogP contribution in [0.1, 0.15) is 0 Å². The van der Waals surface area contributed by atoms with Crippen LogP contribution in [-0.4, -0.2) is 46.9 Å². The number of benzene rings is 1. The number of anilines is 1. The molecule has 0 aromatic heterocycles. The van der Waals surface area contributed by atoms with E-state index in [0.29, 0.717) is 5.69 Å². The molecule has 0 unspecified atom stereocenters. The largest absolute Gasteiger partial charge is 0.375 e. The van der Waals surface area contributed by atoms with Crippen LogP contribution in [0.4, 0.5) is 5.69 Å². The van der Waals surface area contributed by atoms with Gasteiger partial charge < -0.3 is 10.2 Å². The molecule has 0 radical (unpaired) electrons. The average molecular weight is 271 g/mol. The minimum Gasteiger partial charge on any atom is -0.375 e. The third kappa shape index (κ3) is 3.44. The van der Waals surface area contributed by atoms with Gasteiger partial charge in [0, 0.05) is 14.1 Å². The number of nitrogens with zero attached hydrogens (tertiary/aromatic N) is 1. The van der Waals surface area contributed by atoms with Gasteiger partial charge in [-0.2, -0.15) is 0 Å². The zero-order valence-corrected chi connectivity index (χ0v) is 11.4. The van der Waals surface area contributed by atoms with Gasteiger partial charge in [-0.1, -0.05) is 12.1 Å². The van der Waals surface area contributed by atoms with Gasteiger partial charge >= 0.3 is 0 Å². The van der Waals surface area contributed by atoms with E-state index in [1.165, 1.54) is 18.0 Å². The monoisotopic (exact) mass is 271 g/mol. The smallest absolute Gasteiger partial charge is 0.242 e. The maximum absolute atomic E-state index is 11.8. The fourth-order valence-corrected chi connectivity index (χ4v) is 2.19. The Kier molecular flexibility index (Phi) is 4.69. The summed E-state index contributed by atoms with van der Waals surface area (Å²) in [7, 11) is 1.09. The lowest BCUT2D eigenvalue weighted by Crippen LogP contribution is -2.29. The molecule has 0 heterocycles. The molecule has 0 bridgehead atoms. The van der Waals surface area contributed by atoms with E-state index in [-0.39, 0.29) is 17.3 Å². The highest BCUT2D eigenvalue weighted by Crippen LogP contribution is 2.19. The third-order valence-electron chi connectivity index (χ3n) is 2.37. The highest BCUT2D eigenvalue weighted by Gasteiger charge is 2.16. The molecule has 0 saturated heterocycles. The molecule has 7 heteroatoms. The minimum atomic E-state index is -3.53. The van der Waals surface area contributed by atoms with Crippen LogP contribution in [0.5, 0.6) is 0 Å². The molecule has 100 valence electrons. The number of hydrogen-bond acceptors (Lipinski definition) is 4. The zero-order chi connectivity index (χ0) is 13.8. The molecule has 0 aliphatic rings. The summed E-state index contributed by atoms with van der Waals surface area (Å²) < 4.78 is 25.8. The second-order valence-corrected chi connectivity index (χ2v) is 5.70. The van der Waals surface area contributed by atoms with E-state index < -0.39 is 10.0 Å². The molecule has 6 nitrogen and oxygen atoms in total. The molecule has 1 amide bonds. The van der Waals surface area contributed by atoms with Gasteiger partial charge in [-0.25, -0.2) is 13.1 Å². The summed E-state index contributed by atoms with van der Waals surface area (Å²) in [4.78, 5) is 13.0. The van der Waals surface area contributed by atoms with Crippen molar-refractivity contribution in [1.82, 2.24) is 9.62 Å². The van der Waals surface area contributed by atoms with E-state index in [4.69, 9.17) is 0 Å². The Bertz CT molecular complexity index is 526. The first-order valence-corrected chi connectivity index (χ1v) is 6.83. The first-order valence-electron chi connectivity index (χ1n) is 5.35. The van der Waals surface area contributed by atoms with Gasteiger partial charge in [0.2, 0.25) is 15.9 Å². The SMILES string of the molecule is CNS(=O)(=O)c1ccccc1NCC(=O)N(C)C. The van der Waals surface area contributed by atoms with Crippen LogP contribution in [0.3, 0.4) is 0 Å². The number of hydrogen-bond donors (Lipinski definition) is 2. The first kappa shape index (κ1) is 14.5. The molecule has 0 atom stereocenters. The number of carbonyl (C=O) groups is 1. The van der Waals surface area contributed by atoms with Crippen molar-refractivity contribution in [3.8, 4) is 0 Å². The van der Waals surface area contributed by atoms with Crippen LogP contribution in [0.2, 0.25) is 0 Å². The van der Waals surface area contributed by atoms with Gasteiger partial charge in [-0.3, -0.25) is 4.79 Å². The summed E-state index contributed by atoms with van der Waals surface area (Å²) in [5.74, 6) is -0.133. The molecule has 0 aliphatic heterocycles. The number of para-hydroxylation sites is 1. The van der Waals surface area contributed by atoms with Crippen LogP contribution in [0, 0.1) is 0 Å². The van der Waals surface area contributed by atoms with Crippen molar-refractivity contribution in [3.63, 3.8) is 0 Å². The highest BCUT2D eigenvalue weighted by atomic mass is 32.2. The quantitative estimate of drug-likeness (QED) is 0.796. The lowest BCUT2D eigenvalue weighted by molar-refractivity contribution is -0.126. The van der Waals surface area contributed by atoms with Crippen LogP contribution >= 0.6 is 0 Å². The van der Waals surface area contributed by atoms with Crippen LogP contribution in [0.25, 0.3) is 0 Å². The summed E-state index contributed by atoms with van der Waals surface area (Å²) in [6, 6.07) is 6.43. The Morgan fingerprint density at radius 2 is 1.89 bits per heavy atom. The van der Waals surface area contributed by atoms with Crippen molar-refractivity contribution >= 4 is 21.6 Å². The van der Waals surface area contributed by atoms with E-state index in [1.54, 1.807) is 32.3 Å². The molecule has 0 spiro atoms. The van der Waals surface area contributed by atoms with Crippen molar-refractivity contribution in [2.75, 3.05) is 33.0 Å². The molecular weight excluding hydrogens is 254 g/mol. The van der Waals surface area contributed by atoms with E-state index in [0.717, 1.165) is 0 Å². The number of carbonyl (C=O) groups excluding carboxylic acids is 1. The Balaban J connectivity index is 2.94. The summed E-state index contributed by atoms with van der Waals surface area (Å²) in [6.07, 6.45) is 0. The van der Waals surface area contributed by atoms with Crippen LogP contribution in [0.15, 0.2) is 29.2 Å². The number of likely N-dealkylation sites (N-methyl/N-ethyl adjacent to an activating group) is 1. The molecule has 0 aliphatic carbocycles. The predicted octanol–water partition coefficient (Wildman–Crippen LogP) is 0.0948. The average Bonchev–Trinajstić information content (AvgIpc) is 2.36. The van der Waals surface area contributed by atoms with Crippen molar-refractivity contribution in [2.45, 2.75) is 4.90 Å². The van der Waals surface area contributed by atoms with Crippen molar-refractivity contribution in [2.24, 2.45) is 0 Å². The molecule has 0 saturated carbocycles. The molecule has 1 aromatic carbocycles. The standard InChI is InChI=1S/C11H17N3O3S/c1-12-18(16,17)10-7-5-4-6-9(10)13-8-11(15)14(2)3/h4-7,12-13H,8H2,1-3H3. The molecule has 1 rings (SSSR count). The summed E-state index contributed by atoms with van der Waals surface area (Å²) in [6.45, 7) is 0.0449.